The molecule has 0 radical (unpaired) electrons. The number of carbonyl (C=O) groups is 1. The first kappa shape index (κ1) is 12.6. The highest BCUT2D eigenvalue weighted by Crippen LogP contribution is 2.22. The second-order valence-electron chi connectivity index (χ2n) is 3.86. The Bertz CT molecular complexity index is 233. The Balaban J connectivity index is 2.52. The van der Waals surface area contributed by atoms with Crippen LogP contribution in [0, 0.1) is 5.92 Å². The summed E-state index contributed by atoms with van der Waals surface area (Å²) in [6.07, 6.45) is 5.29. The average molecular weight is 229 g/mol. The molecule has 0 aromatic rings. The summed E-state index contributed by atoms with van der Waals surface area (Å²) in [5, 5.41) is 9.26. The van der Waals surface area contributed by atoms with Crippen LogP contribution in [-0.4, -0.2) is 47.1 Å². The average Bonchev–Trinajstić information content (AvgIpc) is 2.61. The minimum atomic E-state index is -0.00472. The van der Waals surface area contributed by atoms with Crippen LogP contribution in [0.4, 0.5) is 0 Å². The Morgan fingerprint density at radius 1 is 1.80 bits per heavy atom. The van der Waals surface area contributed by atoms with Gasteiger partial charge in [0.2, 0.25) is 5.91 Å². The fourth-order valence-corrected chi connectivity index (χ4v) is 2.38. The lowest BCUT2D eigenvalue weighted by molar-refractivity contribution is -0.130. The van der Waals surface area contributed by atoms with Gasteiger partial charge in [0.1, 0.15) is 0 Å². The van der Waals surface area contributed by atoms with E-state index in [1.54, 1.807) is 11.8 Å². The van der Waals surface area contributed by atoms with Crippen LogP contribution in [0.3, 0.4) is 0 Å². The molecule has 0 saturated carbocycles. The van der Waals surface area contributed by atoms with Crippen molar-refractivity contribution < 1.29 is 9.90 Å². The molecule has 0 aliphatic carbocycles. The van der Waals surface area contributed by atoms with Gasteiger partial charge in [-0.15, -0.1) is 6.58 Å². The van der Waals surface area contributed by atoms with Crippen LogP contribution in [0.1, 0.15) is 12.8 Å². The zero-order chi connectivity index (χ0) is 11.3. The van der Waals surface area contributed by atoms with Crippen LogP contribution in [0.15, 0.2) is 12.7 Å². The van der Waals surface area contributed by atoms with Gasteiger partial charge in [-0.2, -0.15) is 11.8 Å². The monoisotopic (exact) mass is 229 g/mol. The fraction of sp³-hybridized carbons (Fsp3) is 0.727. The van der Waals surface area contributed by atoms with Crippen molar-refractivity contribution in [3.8, 4) is 0 Å². The second-order valence-corrected chi connectivity index (χ2v) is 4.85. The van der Waals surface area contributed by atoms with Crippen molar-refractivity contribution in [2.45, 2.75) is 18.9 Å². The van der Waals surface area contributed by atoms with Crippen LogP contribution < -0.4 is 0 Å². The Morgan fingerprint density at radius 3 is 3.00 bits per heavy atom. The maximum Gasteiger partial charge on any atom is 0.223 e. The molecule has 1 aliphatic rings. The van der Waals surface area contributed by atoms with Crippen LogP contribution in [0.2, 0.25) is 0 Å². The Kier molecular flexibility index (Phi) is 5.19. The molecule has 0 aromatic carbocycles. The van der Waals surface area contributed by atoms with E-state index < -0.39 is 0 Å². The maximum absolute atomic E-state index is 11.7. The summed E-state index contributed by atoms with van der Waals surface area (Å²) in [6.45, 7) is 4.50. The van der Waals surface area contributed by atoms with Crippen LogP contribution in [0.25, 0.3) is 0 Å². The lowest BCUT2D eigenvalue weighted by Crippen LogP contribution is -2.39. The lowest BCUT2D eigenvalue weighted by atomic mass is 10.1. The lowest BCUT2D eigenvalue weighted by Gasteiger charge is -2.26. The molecule has 1 saturated heterocycles. The topological polar surface area (TPSA) is 40.5 Å². The quantitative estimate of drug-likeness (QED) is 0.694. The number of thioether (sulfide) groups is 1. The predicted octanol–water partition coefficient (Wildman–Crippen LogP) is 1.13. The first-order valence-corrected chi connectivity index (χ1v) is 6.64. The molecule has 86 valence electrons. The van der Waals surface area contributed by atoms with E-state index in [2.05, 4.69) is 6.58 Å². The van der Waals surface area contributed by atoms with E-state index in [4.69, 9.17) is 0 Å². The van der Waals surface area contributed by atoms with Crippen LogP contribution >= 0.6 is 11.8 Å². The normalized spacial score (nSPS) is 23.2. The van der Waals surface area contributed by atoms with Crippen molar-refractivity contribution in [1.29, 1.82) is 0 Å². The van der Waals surface area contributed by atoms with Gasteiger partial charge in [0.25, 0.3) is 0 Å². The highest BCUT2D eigenvalue weighted by atomic mass is 32.2. The summed E-state index contributed by atoms with van der Waals surface area (Å²) in [5.74, 6) is 1.40. The molecule has 3 nitrogen and oxygen atoms in total. The Morgan fingerprint density at radius 2 is 2.53 bits per heavy atom. The third-order valence-electron chi connectivity index (χ3n) is 2.83. The van der Waals surface area contributed by atoms with E-state index in [-0.39, 0.29) is 24.5 Å². The molecule has 0 bridgehead atoms. The fourth-order valence-electron chi connectivity index (χ4n) is 1.87. The summed E-state index contributed by atoms with van der Waals surface area (Å²) in [4.78, 5) is 13.5. The van der Waals surface area contributed by atoms with Gasteiger partial charge < -0.3 is 10.0 Å². The van der Waals surface area contributed by atoms with Crippen molar-refractivity contribution in [2.75, 3.05) is 25.2 Å². The molecule has 0 spiro atoms. The third kappa shape index (κ3) is 3.24. The van der Waals surface area contributed by atoms with Gasteiger partial charge in [-0.05, 0) is 18.4 Å². The second kappa shape index (κ2) is 6.18. The largest absolute Gasteiger partial charge is 0.394 e. The summed E-state index contributed by atoms with van der Waals surface area (Å²) in [7, 11) is 0. The first-order chi connectivity index (χ1) is 7.22. The SMILES string of the molecule is C=CC1CC(=O)N(C(CO)CCSC)C1. The van der Waals surface area contributed by atoms with E-state index in [1.165, 1.54) is 0 Å². The van der Waals surface area contributed by atoms with Gasteiger partial charge in [0, 0.05) is 18.9 Å². The zero-order valence-corrected chi connectivity index (χ0v) is 10.0. The molecule has 15 heavy (non-hydrogen) atoms. The number of nitrogens with zero attached hydrogens (tertiary/aromatic N) is 1. The molecule has 0 aromatic heterocycles. The van der Waals surface area contributed by atoms with Gasteiger partial charge >= 0.3 is 0 Å². The highest BCUT2D eigenvalue weighted by molar-refractivity contribution is 7.98. The van der Waals surface area contributed by atoms with E-state index >= 15 is 0 Å². The van der Waals surface area contributed by atoms with E-state index in [9.17, 15) is 9.90 Å². The number of aliphatic hydroxyl groups is 1. The van der Waals surface area contributed by atoms with Gasteiger partial charge in [-0.25, -0.2) is 0 Å². The minimum Gasteiger partial charge on any atom is -0.394 e. The van der Waals surface area contributed by atoms with Crippen LogP contribution in [0.5, 0.6) is 0 Å². The number of rotatable bonds is 6. The van der Waals surface area contributed by atoms with E-state index in [0.717, 1.165) is 18.7 Å². The number of amides is 1. The summed E-state index contributed by atoms with van der Waals surface area (Å²) >= 11 is 1.74. The highest BCUT2D eigenvalue weighted by Gasteiger charge is 2.32. The van der Waals surface area contributed by atoms with Crippen molar-refractivity contribution >= 4 is 17.7 Å². The van der Waals surface area contributed by atoms with Crippen molar-refractivity contribution in [3.05, 3.63) is 12.7 Å². The minimum absolute atomic E-state index is 0.00472. The van der Waals surface area contributed by atoms with Gasteiger partial charge in [-0.3, -0.25) is 4.79 Å². The molecular formula is C11H19NO2S. The smallest absolute Gasteiger partial charge is 0.223 e. The van der Waals surface area contributed by atoms with E-state index in [0.29, 0.717) is 6.42 Å². The van der Waals surface area contributed by atoms with Crippen molar-refractivity contribution in [3.63, 3.8) is 0 Å². The van der Waals surface area contributed by atoms with Gasteiger partial charge in [0.15, 0.2) is 0 Å². The van der Waals surface area contributed by atoms with E-state index in [1.807, 2.05) is 17.2 Å². The number of aliphatic hydroxyl groups excluding tert-OH is 1. The van der Waals surface area contributed by atoms with Gasteiger partial charge in [-0.1, -0.05) is 6.08 Å². The van der Waals surface area contributed by atoms with Crippen molar-refractivity contribution in [2.24, 2.45) is 5.92 Å². The molecule has 1 N–H and O–H groups in total. The molecular weight excluding hydrogens is 210 g/mol. The molecule has 1 fully saturated rings. The molecule has 1 amide bonds. The zero-order valence-electron chi connectivity index (χ0n) is 9.19. The molecule has 2 unspecified atom stereocenters. The number of carbonyl (C=O) groups excluding carboxylic acids is 1. The number of hydrogen-bond acceptors (Lipinski definition) is 3. The van der Waals surface area contributed by atoms with Crippen molar-refractivity contribution in [1.82, 2.24) is 4.90 Å². The Labute approximate surface area is 95.5 Å². The standard InChI is InChI=1S/C11H19NO2S/c1-3-9-6-11(14)12(7-9)10(8-13)4-5-15-2/h3,9-10,13H,1,4-8H2,2H3. The summed E-state index contributed by atoms with van der Waals surface area (Å²) in [6, 6.07) is -0.00472. The predicted molar refractivity (Wildman–Crippen MR) is 63.9 cm³/mol. The van der Waals surface area contributed by atoms with Gasteiger partial charge in [0.05, 0.1) is 12.6 Å². The molecule has 4 heteroatoms. The number of likely N-dealkylation sites (tertiary alicyclic amines) is 1. The molecule has 2 atom stereocenters. The maximum atomic E-state index is 11.7. The molecule has 1 rings (SSSR count). The third-order valence-corrected chi connectivity index (χ3v) is 3.47. The summed E-state index contributed by atoms with van der Waals surface area (Å²) < 4.78 is 0. The first-order valence-electron chi connectivity index (χ1n) is 5.24. The number of hydrogen-bond donors (Lipinski definition) is 1. The molecule has 1 heterocycles. The van der Waals surface area contributed by atoms with Crippen LogP contribution in [-0.2, 0) is 4.79 Å². The molecule has 1 aliphatic heterocycles. The summed E-state index contributed by atoms with van der Waals surface area (Å²) in [5.41, 5.74) is 0. The Hall–Kier alpha value is -0.480.